The number of carbonyl (C=O) groups excluding carboxylic acids is 1. The number of unbranched alkanes of at least 4 members (excludes halogenated alkanes) is 1. The average molecular weight is 412 g/mol. The van der Waals surface area contributed by atoms with Crippen LogP contribution in [0.15, 0.2) is 48.1 Å². The predicted molar refractivity (Wildman–Crippen MR) is 121 cm³/mol. The van der Waals surface area contributed by atoms with Gasteiger partial charge in [-0.3, -0.25) is 4.79 Å². The van der Waals surface area contributed by atoms with E-state index in [0.29, 0.717) is 18.3 Å². The third-order valence-electron chi connectivity index (χ3n) is 6.83. The summed E-state index contributed by atoms with van der Waals surface area (Å²) in [6, 6.07) is 7.94. The summed E-state index contributed by atoms with van der Waals surface area (Å²) in [6.45, 7) is 3.83. The van der Waals surface area contributed by atoms with Gasteiger partial charge in [-0.2, -0.15) is 0 Å². The van der Waals surface area contributed by atoms with Crippen molar-refractivity contribution in [1.29, 1.82) is 0 Å². The first-order chi connectivity index (χ1) is 14.2. The molecule has 1 amide bonds. The quantitative estimate of drug-likeness (QED) is 0.494. The maximum atomic E-state index is 11.7. The van der Waals surface area contributed by atoms with Crippen LogP contribution in [-0.2, 0) is 10.4 Å². The van der Waals surface area contributed by atoms with E-state index in [4.69, 9.17) is 0 Å². The molecule has 1 saturated carbocycles. The van der Waals surface area contributed by atoms with Gasteiger partial charge in [0, 0.05) is 26.4 Å². The normalized spacial score (nSPS) is 27.7. The lowest BCUT2D eigenvalue weighted by molar-refractivity contribution is -0.128. The van der Waals surface area contributed by atoms with Gasteiger partial charge in [0.25, 0.3) is 0 Å². The largest absolute Gasteiger partial charge is 0.392 e. The molecule has 2 aliphatic carbocycles. The van der Waals surface area contributed by atoms with E-state index in [1.54, 1.807) is 19.0 Å². The average Bonchev–Trinajstić information content (AvgIpc) is 3.19. The monoisotopic (exact) mass is 411 g/mol. The molecule has 164 valence electrons. The molecule has 0 bridgehead atoms. The molecular formula is C26H37NO3. The fraction of sp³-hybridized carbons (Fsp3) is 0.577. The second-order valence-electron chi connectivity index (χ2n) is 9.61. The van der Waals surface area contributed by atoms with Crippen LogP contribution < -0.4 is 0 Å². The number of aliphatic hydroxyl groups is 2. The van der Waals surface area contributed by atoms with Crippen LogP contribution >= 0.6 is 0 Å². The van der Waals surface area contributed by atoms with Crippen LogP contribution in [0.5, 0.6) is 0 Å². The van der Waals surface area contributed by atoms with Crippen LogP contribution in [0, 0.1) is 24.7 Å². The molecule has 2 aliphatic rings. The second-order valence-corrected chi connectivity index (χ2v) is 9.61. The van der Waals surface area contributed by atoms with E-state index in [1.165, 1.54) is 5.57 Å². The van der Waals surface area contributed by atoms with Crippen molar-refractivity contribution in [3.63, 3.8) is 0 Å². The molecule has 0 saturated heterocycles. The van der Waals surface area contributed by atoms with Crippen LogP contribution in [0.2, 0.25) is 0 Å². The van der Waals surface area contributed by atoms with Gasteiger partial charge in [0.2, 0.25) is 5.91 Å². The van der Waals surface area contributed by atoms with Gasteiger partial charge >= 0.3 is 0 Å². The number of aryl methyl sites for hydroxylation is 1. The molecule has 1 fully saturated rings. The van der Waals surface area contributed by atoms with E-state index in [0.717, 1.165) is 43.2 Å². The summed E-state index contributed by atoms with van der Waals surface area (Å²) < 4.78 is 0. The van der Waals surface area contributed by atoms with Gasteiger partial charge in [0.1, 0.15) is 5.60 Å². The smallest absolute Gasteiger partial charge is 0.222 e. The zero-order valence-corrected chi connectivity index (χ0v) is 18.8. The number of amides is 1. The Morgan fingerprint density at radius 3 is 2.77 bits per heavy atom. The zero-order valence-electron chi connectivity index (χ0n) is 18.8. The minimum Gasteiger partial charge on any atom is -0.392 e. The molecule has 30 heavy (non-hydrogen) atoms. The lowest BCUT2D eigenvalue weighted by Gasteiger charge is -2.23. The van der Waals surface area contributed by atoms with Crippen LogP contribution in [-0.4, -0.2) is 41.2 Å². The van der Waals surface area contributed by atoms with Crippen LogP contribution in [0.3, 0.4) is 0 Å². The number of carbonyl (C=O) groups is 1. The van der Waals surface area contributed by atoms with Crippen LogP contribution in [0.4, 0.5) is 0 Å². The van der Waals surface area contributed by atoms with Gasteiger partial charge in [-0.05, 0) is 63.4 Å². The first kappa shape index (κ1) is 22.8. The Morgan fingerprint density at radius 2 is 2.07 bits per heavy atom. The number of nitrogens with zero attached hydrogens (tertiary/aromatic N) is 1. The van der Waals surface area contributed by atoms with Crippen molar-refractivity contribution in [1.82, 2.24) is 4.90 Å². The Hall–Kier alpha value is -1.91. The predicted octanol–water partition coefficient (Wildman–Crippen LogP) is 4.35. The van der Waals surface area contributed by atoms with Gasteiger partial charge in [0.15, 0.2) is 0 Å². The van der Waals surface area contributed by atoms with E-state index >= 15 is 0 Å². The number of allylic oxidation sites excluding steroid dienone is 2. The Labute approximate surface area is 181 Å². The standard InChI is InChI=1S/C26H37NO3/c1-18-8-7-10-21(14-18)26(2,30)13-12-22-23-16-19(15-20(23)17-24(22)28)9-5-6-11-25(29)27(3)4/h7-8,10,12-15,20,22-24,28,30H,5-6,9,11,16-17H2,1-4H3/t20-,22+,23-,24+,26+/m0/s1. The van der Waals surface area contributed by atoms with E-state index in [-0.39, 0.29) is 17.9 Å². The van der Waals surface area contributed by atoms with Crippen molar-refractivity contribution >= 4 is 5.91 Å². The molecule has 1 aromatic rings. The first-order valence-electron chi connectivity index (χ1n) is 11.2. The molecule has 3 rings (SSSR count). The van der Waals surface area contributed by atoms with Crippen LogP contribution in [0.1, 0.15) is 56.6 Å². The molecule has 0 aliphatic heterocycles. The summed E-state index contributed by atoms with van der Waals surface area (Å²) in [6.07, 6.45) is 11.4. The molecule has 4 heteroatoms. The SMILES string of the molecule is Cc1cccc([C@](C)(O)C=C[C@@H]2[C@H]3CC(CCCCC(=O)N(C)C)=C[C@H]3C[C@H]2O)c1. The van der Waals surface area contributed by atoms with Crippen molar-refractivity contribution in [3.8, 4) is 0 Å². The van der Waals surface area contributed by atoms with E-state index in [1.807, 2.05) is 50.3 Å². The molecule has 4 nitrogen and oxygen atoms in total. The van der Waals surface area contributed by atoms with Crippen LogP contribution in [0.25, 0.3) is 0 Å². The summed E-state index contributed by atoms with van der Waals surface area (Å²) in [7, 11) is 3.61. The Morgan fingerprint density at radius 1 is 1.30 bits per heavy atom. The van der Waals surface area contributed by atoms with E-state index < -0.39 is 5.60 Å². The molecule has 1 aromatic carbocycles. The molecule has 2 N–H and O–H groups in total. The minimum atomic E-state index is -1.04. The summed E-state index contributed by atoms with van der Waals surface area (Å²) in [5.41, 5.74) is 2.43. The number of hydrogen-bond acceptors (Lipinski definition) is 3. The number of aliphatic hydroxyl groups excluding tert-OH is 1. The number of fused-ring (bicyclic) bond motifs is 1. The van der Waals surface area contributed by atoms with Gasteiger partial charge < -0.3 is 15.1 Å². The molecular weight excluding hydrogens is 374 g/mol. The summed E-state index contributed by atoms with van der Waals surface area (Å²) >= 11 is 0. The van der Waals surface area contributed by atoms with Crippen molar-refractivity contribution in [2.75, 3.05) is 14.1 Å². The molecule has 0 spiro atoms. The fourth-order valence-electron chi connectivity index (χ4n) is 5.00. The molecule has 0 heterocycles. The highest BCUT2D eigenvalue weighted by atomic mass is 16.3. The highest BCUT2D eigenvalue weighted by Gasteiger charge is 2.43. The highest BCUT2D eigenvalue weighted by Crippen LogP contribution is 2.48. The second kappa shape index (κ2) is 9.49. The van der Waals surface area contributed by atoms with E-state index in [9.17, 15) is 15.0 Å². The Bertz CT molecular complexity index is 808. The third-order valence-corrected chi connectivity index (χ3v) is 6.83. The van der Waals surface area contributed by atoms with Crippen molar-refractivity contribution in [2.24, 2.45) is 17.8 Å². The topological polar surface area (TPSA) is 60.8 Å². The Balaban J connectivity index is 1.56. The molecule has 0 aromatic heterocycles. The van der Waals surface area contributed by atoms with Crippen molar-refractivity contribution < 1.29 is 15.0 Å². The summed E-state index contributed by atoms with van der Waals surface area (Å²) in [5, 5.41) is 21.6. The molecule has 5 atom stereocenters. The van der Waals surface area contributed by atoms with Crippen molar-refractivity contribution in [3.05, 3.63) is 59.2 Å². The maximum absolute atomic E-state index is 11.7. The highest BCUT2D eigenvalue weighted by molar-refractivity contribution is 5.75. The zero-order chi connectivity index (χ0) is 21.9. The lowest BCUT2D eigenvalue weighted by atomic mass is 9.86. The minimum absolute atomic E-state index is 0.0790. The Kier molecular flexibility index (Phi) is 7.20. The molecule has 0 radical (unpaired) electrons. The number of benzene rings is 1. The van der Waals surface area contributed by atoms with E-state index in [2.05, 4.69) is 6.08 Å². The lowest BCUT2D eigenvalue weighted by Crippen LogP contribution is -2.21. The summed E-state index contributed by atoms with van der Waals surface area (Å²) in [5.74, 6) is 1.12. The summed E-state index contributed by atoms with van der Waals surface area (Å²) in [4.78, 5) is 13.4. The maximum Gasteiger partial charge on any atom is 0.222 e. The molecule has 0 unspecified atom stereocenters. The first-order valence-corrected chi connectivity index (χ1v) is 11.2. The number of rotatable bonds is 8. The van der Waals surface area contributed by atoms with Gasteiger partial charge in [-0.1, -0.05) is 53.6 Å². The van der Waals surface area contributed by atoms with Gasteiger partial charge in [-0.15, -0.1) is 0 Å². The fourth-order valence-corrected chi connectivity index (χ4v) is 5.00. The van der Waals surface area contributed by atoms with Gasteiger partial charge in [0.05, 0.1) is 6.10 Å². The van der Waals surface area contributed by atoms with Gasteiger partial charge in [-0.25, -0.2) is 0 Å². The number of hydrogen-bond donors (Lipinski definition) is 2. The third kappa shape index (κ3) is 5.41. The van der Waals surface area contributed by atoms with Crippen molar-refractivity contribution in [2.45, 2.75) is 64.1 Å².